The minimum atomic E-state index is -1.61. The Morgan fingerprint density at radius 1 is 0.730 bits per heavy atom. The van der Waals surface area contributed by atoms with E-state index in [0.29, 0.717) is 33.2 Å². The summed E-state index contributed by atoms with van der Waals surface area (Å²) in [5, 5.41) is 35.2. The van der Waals surface area contributed by atoms with Crippen LogP contribution in [0.25, 0.3) is 21.9 Å². The van der Waals surface area contributed by atoms with E-state index in [0.717, 1.165) is 0 Å². The summed E-state index contributed by atoms with van der Waals surface area (Å²) in [6, 6.07) is 23.5. The van der Waals surface area contributed by atoms with E-state index in [2.05, 4.69) is 0 Å². The van der Waals surface area contributed by atoms with Gasteiger partial charge < -0.3 is 20.1 Å². The number of Topliss-reactive ketones (excluding diaryl/α,β-unsaturated/α-hetero) is 1. The molecule has 0 saturated carbocycles. The van der Waals surface area contributed by atoms with E-state index < -0.39 is 34.6 Å². The van der Waals surface area contributed by atoms with E-state index in [1.807, 2.05) is 6.07 Å². The maximum absolute atomic E-state index is 12.9. The molecule has 1 N–H and O–H groups in total. The first-order valence-electron chi connectivity index (χ1n) is 10.7. The fourth-order valence-corrected chi connectivity index (χ4v) is 4.48. The van der Waals surface area contributed by atoms with Gasteiger partial charge in [-0.3, -0.25) is 4.79 Å². The number of carboxylic acids is 2. The van der Waals surface area contributed by atoms with E-state index in [9.17, 15) is 29.7 Å². The Morgan fingerprint density at radius 3 is 1.92 bits per heavy atom. The zero-order chi connectivity index (χ0) is 24.7. The Kier molecular flexibility index (Phi) is 8.97. The van der Waals surface area contributed by atoms with Crippen LogP contribution in [0.3, 0.4) is 0 Å². The number of rotatable bonds is 4. The first-order valence-corrected chi connectivity index (χ1v) is 10.7. The van der Waals surface area contributed by atoms with Crippen LogP contribution in [0.1, 0.15) is 37.4 Å². The first kappa shape index (κ1) is 28.6. The van der Waals surface area contributed by atoms with Gasteiger partial charge in [-0.05, 0) is 56.3 Å². The topological polar surface area (TPSA) is 118 Å². The standard InChI is InChI=1S/C29H18O6.2Na/c30-26-19-12-6-4-10-17(19)21(14-23(26)28(32)33)25(16-8-2-1-3-9-16)22-15-24(29(34)35)27(31)20-13-7-5-11-18(20)22;;/h1-15,30H,(H,32,33)(H,34,35);;/q;2*+1/p-2/b25-22+;;. The molecule has 4 aromatic rings. The predicted molar refractivity (Wildman–Crippen MR) is 127 cm³/mol. The molecule has 0 spiro atoms. The van der Waals surface area contributed by atoms with Crippen LogP contribution in [0.5, 0.6) is 5.75 Å². The molecule has 0 amide bonds. The van der Waals surface area contributed by atoms with E-state index in [4.69, 9.17) is 0 Å². The first-order chi connectivity index (χ1) is 16.9. The minimum Gasteiger partial charge on any atom is -0.872 e. The number of carboxylic acid groups (broad SMARTS) is 2. The Hall–Kier alpha value is -2.97. The van der Waals surface area contributed by atoms with E-state index in [-0.39, 0.29) is 70.1 Å². The van der Waals surface area contributed by atoms with Crippen molar-refractivity contribution >= 4 is 39.6 Å². The summed E-state index contributed by atoms with van der Waals surface area (Å²) in [7, 11) is 0. The maximum atomic E-state index is 12.9. The summed E-state index contributed by atoms with van der Waals surface area (Å²) in [5.74, 6) is -4.26. The molecule has 170 valence electrons. The summed E-state index contributed by atoms with van der Waals surface area (Å²) < 4.78 is 0. The average Bonchev–Trinajstić information content (AvgIpc) is 2.87. The molecule has 37 heavy (non-hydrogen) atoms. The number of fused-ring (bicyclic) bond motifs is 2. The molecule has 1 aliphatic carbocycles. The number of carbonyl (C=O) groups excluding carboxylic acids is 2. The van der Waals surface area contributed by atoms with Crippen LogP contribution in [0.4, 0.5) is 0 Å². The predicted octanol–water partition coefficient (Wildman–Crippen LogP) is -2.55. The fourth-order valence-electron chi connectivity index (χ4n) is 4.48. The Balaban J connectivity index is 0.00000190. The van der Waals surface area contributed by atoms with Crippen LogP contribution in [-0.2, 0) is 4.79 Å². The van der Waals surface area contributed by atoms with Crippen molar-refractivity contribution < 1.29 is 88.8 Å². The molecular weight excluding hydrogens is 490 g/mol. The van der Waals surface area contributed by atoms with Gasteiger partial charge in [-0.1, -0.05) is 84.6 Å². The van der Waals surface area contributed by atoms with Crippen molar-refractivity contribution in [2.75, 3.05) is 0 Å². The number of aliphatic carboxylic acids is 1. The SMILES string of the molecule is O=C(O)C1=C/C(=C(/c2ccccc2)c2cc(C(=O)[O-])c([O-])c3ccccc23)c2ccccc2C1=O.[Na+].[Na+]. The molecule has 0 aliphatic heterocycles. The summed E-state index contributed by atoms with van der Waals surface area (Å²) in [6.07, 6.45) is 1.31. The molecule has 0 heterocycles. The molecule has 8 heteroatoms. The van der Waals surface area contributed by atoms with Crippen LogP contribution in [0, 0.1) is 0 Å². The zero-order valence-electron chi connectivity index (χ0n) is 20.1. The van der Waals surface area contributed by atoms with Crippen LogP contribution < -0.4 is 69.3 Å². The van der Waals surface area contributed by atoms with Gasteiger partial charge in [-0.2, -0.15) is 0 Å². The van der Waals surface area contributed by atoms with Crippen LogP contribution >= 0.6 is 0 Å². The second-order valence-corrected chi connectivity index (χ2v) is 8.03. The maximum Gasteiger partial charge on any atom is 1.00 e. The molecule has 0 aromatic heterocycles. The number of benzene rings is 4. The summed E-state index contributed by atoms with van der Waals surface area (Å²) in [5.41, 5.74) is 1.80. The fraction of sp³-hybridized carbons (Fsp3) is 0. The Labute approximate surface area is 256 Å². The minimum absolute atomic E-state index is 0. The van der Waals surface area contributed by atoms with Crippen molar-refractivity contribution in [3.8, 4) is 5.75 Å². The second-order valence-electron chi connectivity index (χ2n) is 8.03. The van der Waals surface area contributed by atoms with E-state index in [1.54, 1.807) is 66.7 Å². The molecule has 0 radical (unpaired) electrons. The monoisotopic (exact) mass is 506 g/mol. The molecule has 0 saturated heterocycles. The molecule has 5 rings (SSSR count). The van der Waals surface area contributed by atoms with Gasteiger partial charge in [0.25, 0.3) is 0 Å². The Bertz CT molecular complexity index is 1620. The number of hydrogen-bond acceptors (Lipinski definition) is 5. The molecular formula is C29H16Na2O6. The van der Waals surface area contributed by atoms with Crippen LogP contribution in [0.2, 0.25) is 0 Å². The van der Waals surface area contributed by atoms with Gasteiger partial charge in [0.2, 0.25) is 5.78 Å². The largest absolute Gasteiger partial charge is 1.00 e. The normalized spacial score (nSPS) is 13.5. The van der Waals surface area contributed by atoms with Gasteiger partial charge in [0.05, 0.1) is 5.97 Å². The van der Waals surface area contributed by atoms with Crippen molar-refractivity contribution in [2.24, 2.45) is 0 Å². The Morgan fingerprint density at radius 2 is 1.30 bits per heavy atom. The van der Waals surface area contributed by atoms with Gasteiger partial charge in [-0.25, -0.2) is 4.79 Å². The van der Waals surface area contributed by atoms with Crippen molar-refractivity contribution in [1.29, 1.82) is 0 Å². The van der Waals surface area contributed by atoms with Gasteiger partial charge in [0, 0.05) is 5.56 Å². The average molecular weight is 506 g/mol. The van der Waals surface area contributed by atoms with Gasteiger partial charge in [-0.15, -0.1) is 0 Å². The molecule has 6 nitrogen and oxygen atoms in total. The van der Waals surface area contributed by atoms with Gasteiger partial charge >= 0.3 is 65.1 Å². The third kappa shape index (κ3) is 5.09. The quantitative estimate of drug-likeness (QED) is 0.241. The summed E-state index contributed by atoms with van der Waals surface area (Å²) >= 11 is 0. The van der Waals surface area contributed by atoms with Crippen LogP contribution in [-0.4, -0.2) is 22.8 Å². The molecule has 0 unspecified atom stereocenters. The molecule has 0 atom stereocenters. The van der Waals surface area contributed by atoms with E-state index >= 15 is 0 Å². The van der Waals surface area contributed by atoms with Crippen LogP contribution in [0.15, 0.2) is 96.6 Å². The molecule has 4 aromatic carbocycles. The van der Waals surface area contributed by atoms with Crippen molar-refractivity contribution in [3.63, 3.8) is 0 Å². The second kappa shape index (κ2) is 11.6. The van der Waals surface area contributed by atoms with Gasteiger partial charge in [0.15, 0.2) is 0 Å². The zero-order valence-corrected chi connectivity index (χ0v) is 24.1. The molecule has 1 aliphatic rings. The van der Waals surface area contributed by atoms with Crippen molar-refractivity contribution in [3.05, 3.63) is 124 Å². The number of aromatic carboxylic acids is 1. The number of ketones is 1. The smallest absolute Gasteiger partial charge is 0.872 e. The van der Waals surface area contributed by atoms with Gasteiger partial charge in [0.1, 0.15) is 5.57 Å². The summed E-state index contributed by atoms with van der Waals surface area (Å²) in [6.45, 7) is 0. The molecule has 0 bridgehead atoms. The number of hydrogen-bond donors (Lipinski definition) is 1. The molecule has 0 fully saturated rings. The third-order valence-electron chi connectivity index (χ3n) is 6.04. The van der Waals surface area contributed by atoms with E-state index in [1.165, 1.54) is 18.2 Å². The number of carbonyl (C=O) groups is 3. The van der Waals surface area contributed by atoms with Crippen molar-refractivity contribution in [2.45, 2.75) is 0 Å². The number of allylic oxidation sites excluding steroid dienone is 2. The van der Waals surface area contributed by atoms with Crippen molar-refractivity contribution in [1.82, 2.24) is 0 Å². The third-order valence-corrected chi connectivity index (χ3v) is 6.04. The summed E-state index contributed by atoms with van der Waals surface area (Å²) in [4.78, 5) is 36.8.